The van der Waals surface area contributed by atoms with Gasteiger partial charge >= 0.3 is 11.9 Å². The van der Waals surface area contributed by atoms with E-state index < -0.39 is 23.8 Å². The molecule has 0 saturated heterocycles. The van der Waals surface area contributed by atoms with Crippen LogP contribution in [-0.4, -0.2) is 22.2 Å². The predicted octanol–water partition coefficient (Wildman–Crippen LogP) is 3.01. The van der Waals surface area contributed by atoms with Gasteiger partial charge in [-0.1, -0.05) is 33.6 Å². The van der Waals surface area contributed by atoms with Gasteiger partial charge in [0, 0.05) is 0 Å². The Labute approximate surface area is 108 Å². The molecule has 2 unspecified atom stereocenters. The van der Waals surface area contributed by atoms with Crippen molar-refractivity contribution in [1.82, 2.24) is 0 Å². The average molecular weight is 256 g/mol. The van der Waals surface area contributed by atoms with Crippen molar-refractivity contribution in [2.24, 2.45) is 23.2 Å². The highest BCUT2D eigenvalue weighted by Gasteiger charge is 2.42. The quantitative estimate of drug-likeness (QED) is 0.793. The molecule has 0 aromatic carbocycles. The van der Waals surface area contributed by atoms with Crippen molar-refractivity contribution in [3.8, 4) is 0 Å². The summed E-state index contributed by atoms with van der Waals surface area (Å²) in [5.41, 5.74) is 0.0574. The van der Waals surface area contributed by atoms with Gasteiger partial charge in [0.25, 0.3) is 0 Å². The molecule has 1 fully saturated rings. The van der Waals surface area contributed by atoms with Crippen molar-refractivity contribution in [3.63, 3.8) is 0 Å². The molecule has 0 bridgehead atoms. The lowest BCUT2D eigenvalue weighted by Crippen LogP contribution is -2.38. The first-order chi connectivity index (χ1) is 8.34. The molecule has 1 aliphatic carbocycles. The summed E-state index contributed by atoms with van der Waals surface area (Å²) in [5, 5.41) is 18.3. The summed E-state index contributed by atoms with van der Waals surface area (Å²) in [5.74, 6) is -2.49. The second kappa shape index (κ2) is 5.72. The van der Waals surface area contributed by atoms with E-state index >= 15 is 0 Å². The maximum atomic E-state index is 11.2. The highest BCUT2D eigenvalue weighted by molar-refractivity contribution is 5.74. The molecular formula is C14H24O4. The van der Waals surface area contributed by atoms with E-state index in [4.69, 9.17) is 0 Å². The number of carboxylic acid groups (broad SMARTS) is 2. The van der Waals surface area contributed by atoms with Crippen LogP contribution >= 0.6 is 0 Å². The zero-order valence-corrected chi connectivity index (χ0v) is 11.5. The molecule has 0 spiro atoms. The monoisotopic (exact) mass is 256 g/mol. The fraction of sp³-hybridized carbons (Fsp3) is 0.857. The lowest BCUT2D eigenvalue weighted by Gasteiger charge is -2.42. The number of rotatable bonds is 5. The molecule has 1 aliphatic rings. The van der Waals surface area contributed by atoms with Crippen LogP contribution in [0.4, 0.5) is 0 Å². The Hall–Kier alpha value is -1.06. The standard InChI is InChI=1S/C14H24O4/c1-4-14(3,5-2)11-7-9(12(15)16)6-10(8-11)13(17)18/h9-11H,4-8H2,1-3H3,(H,15,16)(H,17,18). The molecule has 0 heterocycles. The fourth-order valence-corrected chi connectivity index (χ4v) is 3.12. The van der Waals surface area contributed by atoms with Crippen LogP contribution in [-0.2, 0) is 9.59 Å². The number of aliphatic carboxylic acids is 2. The Morgan fingerprint density at radius 3 is 1.67 bits per heavy atom. The van der Waals surface area contributed by atoms with E-state index in [-0.39, 0.29) is 17.8 Å². The summed E-state index contributed by atoms with van der Waals surface area (Å²) in [6.07, 6.45) is 3.46. The number of hydrogen-bond donors (Lipinski definition) is 2. The van der Waals surface area contributed by atoms with Crippen molar-refractivity contribution >= 4 is 11.9 Å². The van der Waals surface area contributed by atoms with Crippen LogP contribution in [0.3, 0.4) is 0 Å². The molecule has 0 aromatic rings. The lowest BCUT2D eigenvalue weighted by molar-refractivity contribution is -0.150. The van der Waals surface area contributed by atoms with Gasteiger partial charge in [-0.25, -0.2) is 0 Å². The van der Waals surface area contributed by atoms with Gasteiger partial charge < -0.3 is 10.2 Å². The third-order valence-electron chi connectivity index (χ3n) is 5.01. The third-order valence-corrected chi connectivity index (χ3v) is 5.01. The summed E-state index contributed by atoms with van der Waals surface area (Å²) in [7, 11) is 0. The molecule has 104 valence electrons. The van der Waals surface area contributed by atoms with Crippen LogP contribution in [0.1, 0.15) is 52.9 Å². The van der Waals surface area contributed by atoms with E-state index in [1.54, 1.807) is 0 Å². The molecule has 1 rings (SSSR count). The van der Waals surface area contributed by atoms with Crippen molar-refractivity contribution in [1.29, 1.82) is 0 Å². The third kappa shape index (κ3) is 3.03. The minimum absolute atomic E-state index is 0.0574. The topological polar surface area (TPSA) is 74.6 Å². The average Bonchev–Trinajstić information content (AvgIpc) is 2.37. The highest BCUT2D eigenvalue weighted by atomic mass is 16.4. The first kappa shape index (κ1) is 15.0. The molecule has 18 heavy (non-hydrogen) atoms. The smallest absolute Gasteiger partial charge is 0.306 e. The van der Waals surface area contributed by atoms with Crippen LogP contribution in [0.25, 0.3) is 0 Å². The van der Waals surface area contributed by atoms with E-state index in [0.717, 1.165) is 12.8 Å². The van der Waals surface area contributed by atoms with E-state index in [1.165, 1.54) is 0 Å². The van der Waals surface area contributed by atoms with Gasteiger partial charge in [0.15, 0.2) is 0 Å². The largest absolute Gasteiger partial charge is 0.481 e. The Morgan fingerprint density at radius 2 is 1.39 bits per heavy atom. The molecule has 4 heteroatoms. The minimum Gasteiger partial charge on any atom is -0.481 e. The van der Waals surface area contributed by atoms with Crippen molar-refractivity contribution in [2.45, 2.75) is 52.9 Å². The van der Waals surface area contributed by atoms with Crippen LogP contribution < -0.4 is 0 Å². The summed E-state index contributed by atoms with van der Waals surface area (Å²) in [6, 6.07) is 0. The molecule has 0 aromatic heterocycles. The molecule has 0 radical (unpaired) electrons. The minimum atomic E-state index is -0.847. The normalized spacial score (nSPS) is 28.9. The van der Waals surface area contributed by atoms with E-state index in [9.17, 15) is 19.8 Å². The van der Waals surface area contributed by atoms with Gasteiger partial charge in [-0.15, -0.1) is 0 Å². The van der Waals surface area contributed by atoms with E-state index in [2.05, 4.69) is 20.8 Å². The molecule has 0 aliphatic heterocycles. The molecule has 4 nitrogen and oxygen atoms in total. The zero-order chi connectivity index (χ0) is 13.9. The zero-order valence-electron chi connectivity index (χ0n) is 11.5. The molecule has 1 saturated carbocycles. The van der Waals surface area contributed by atoms with Gasteiger partial charge in [-0.05, 0) is 30.6 Å². The summed E-state index contributed by atoms with van der Waals surface area (Å²) in [6.45, 7) is 6.36. The van der Waals surface area contributed by atoms with Gasteiger partial charge in [0.1, 0.15) is 0 Å². The van der Waals surface area contributed by atoms with Crippen LogP contribution in [0.5, 0.6) is 0 Å². The predicted molar refractivity (Wildman–Crippen MR) is 68.3 cm³/mol. The summed E-state index contributed by atoms with van der Waals surface area (Å²) in [4.78, 5) is 22.4. The van der Waals surface area contributed by atoms with Crippen molar-refractivity contribution in [2.75, 3.05) is 0 Å². The SMILES string of the molecule is CCC(C)(CC)C1CC(C(=O)O)CC(C(=O)O)C1. The second-order valence-electron chi connectivity index (χ2n) is 5.84. The first-order valence-electron chi connectivity index (χ1n) is 6.79. The molecule has 2 N–H and O–H groups in total. The lowest BCUT2D eigenvalue weighted by atomic mass is 9.62. The van der Waals surface area contributed by atoms with Crippen LogP contribution in [0.15, 0.2) is 0 Å². The van der Waals surface area contributed by atoms with Gasteiger partial charge in [0.05, 0.1) is 11.8 Å². The summed E-state index contributed by atoms with van der Waals surface area (Å²) >= 11 is 0. The van der Waals surface area contributed by atoms with Crippen LogP contribution in [0.2, 0.25) is 0 Å². The van der Waals surface area contributed by atoms with E-state index in [0.29, 0.717) is 12.8 Å². The van der Waals surface area contributed by atoms with E-state index in [1.807, 2.05) is 0 Å². The van der Waals surface area contributed by atoms with Gasteiger partial charge in [-0.3, -0.25) is 9.59 Å². The van der Waals surface area contributed by atoms with Gasteiger partial charge in [-0.2, -0.15) is 0 Å². The Bertz CT molecular complexity index is 298. The molecule has 2 atom stereocenters. The van der Waals surface area contributed by atoms with Crippen LogP contribution in [0, 0.1) is 23.2 Å². The van der Waals surface area contributed by atoms with Crippen molar-refractivity contribution in [3.05, 3.63) is 0 Å². The number of carbonyl (C=O) groups is 2. The van der Waals surface area contributed by atoms with Gasteiger partial charge in [0.2, 0.25) is 0 Å². The number of carboxylic acids is 2. The fourth-order valence-electron chi connectivity index (χ4n) is 3.12. The Balaban J connectivity index is 2.91. The number of hydrogen-bond acceptors (Lipinski definition) is 2. The molecule has 0 amide bonds. The first-order valence-corrected chi connectivity index (χ1v) is 6.79. The maximum absolute atomic E-state index is 11.2. The summed E-state index contributed by atoms with van der Waals surface area (Å²) < 4.78 is 0. The maximum Gasteiger partial charge on any atom is 0.306 e. The Morgan fingerprint density at radius 1 is 1.00 bits per heavy atom. The second-order valence-corrected chi connectivity index (χ2v) is 5.84. The highest BCUT2D eigenvalue weighted by Crippen LogP contribution is 2.46. The Kier molecular flexibility index (Phi) is 4.77. The van der Waals surface area contributed by atoms with Crippen molar-refractivity contribution < 1.29 is 19.8 Å². The molecular weight excluding hydrogens is 232 g/mol.